The fourth-order valence-corrected chi connectivity index (χ4v) is 3.70. The van der Waals surface area contributed by atoms with Crippen LogP contribution >= 0.6 is 23.4 Å². The molecule has 0 spiro atoms. The van der Waals surface area contributed by atoms with Crippen LogP contribution in [0.25, 0.3) is 11.3 Å². The predicted octanol–water partition coefficient (Wildman–Crippen LogP) is 3.87. The lowest BCUT2D eigenvalue weighted by molar-refractivity contribution is -0.115. The Hall–Kier alpha value is -3.17. The summed E-state index contributed by atoms with van der Waals surface area (Å²) < 4.78 is 0. The summed E-state index contributed by atoms with van der Waals surface area (Å²) in [6.07, 6.45) is 0. The molecule has 1 aromatic heterocycles. The molecule has 1 atom stereocenters. The van der Waals surface area contributed by atoms with Gasteiger partial charge in [-0.3, -0.25) is 19.4 Å². The van der Waals surface area contributed by atoms with Crippen LogP contribution in [0.3, 0.4) is 0 Å². The van der Waals surface area contributed by atoms with E-state index in [1.807, 2.05) is 13.0 Å². The minimum Gasteiger partial charge on any atom is -0.325 e. The van der Waals surface area contributed by atoms with E-state index in [1.54, 1.807) is 43.3 Å². The summed E-state index contributed by atoms with van der Waals surface area (Å²) in [7, 11) is 0. The van der Waals surface area contributed by atoms with Crippen LogP contribution in [0.2, 0.25) is 5.02 Å². The third-order valence-corrected chi connectivity index (χ3v) is 5.60. The number of aryl methyl sites for hydroxylation is 1. The van der Waals surface area contributed by atoms with Gasteiger partial charge in [-0.25, -0.2) is 0 Å². The molecular formula is C21H20ClN5O3S. The Labute approximate surface area is 187 Å². The van der Waals surface area contributed by atoms with Crippen molar-refractivity contribution in [2.75, 3.05) is 10.6 Å². The summed E-state index contributed by atoms with van der Waals surface area (Å²) in [6.45, 7) is 4.89. The van der Waals surface area contributed by atoms with Crippen molar-refractivity contribution >= 4 is 46.6 Å². The molecule has 10 heteroatoms. The molecular weight excluding hydrogens is 438 g/mol. The van der Waals surface area contributed by atoms with E-state index in [1.165, 1.54) is 6.92 Å². The van der Waals surface area contributed by atoms with Crippen LogP contribution in [-0.4, -0.2) is 32.2 Å². The Morgan fingerprint density at radius 2 is 1.84 bits per heavy atom. The van der Waals surface area contributed by atoms with Crippen molar-refractivity contribution < 1.29 is 9.59 Å². The molecule has 0 fully saturated rings. The van der Waals surface area contributed by atoms with Crippen molar-refractivity contribution in [3.05, 3.63) is 63.4 Å². The highest BCUT2D eigenvalue weighted by Gasteiger charge is 2.19. The molecule has 0 bridgehead atoms. The molecule has 31 heavy (non-hydrogen) atoms. The van der Waals surface area contributed by atoms with Gasteiger partial charge >= 0.3 is 0 Å². The Kier molecular flexibility index (Phi) is 7.09. The van der Waals surface area contributed by atoms with Gasteiger partial charge in [0.2, 0.25) is 11.8 Å². The molecule has 0 radical (unpaired) electrons. The highest BCUT2D eigenvalue weighted by atomic mass is 35.5. The number of nitrogens with zero attached hydrogens (tertiary/aromatic N) is 2. The first kappa shape index (κ1) is 22.5. The van der Waals surface area contributed by atoms with Crippen molar-refractivity contribution in [3.8, 4) is 11.3 Å². The number of halogens is 1. The molecule has 2 aromatic carbocycles. The number of benzene rings is 2. The number of aromatic amines is 1. The van der Waals surface area contributed by atoms with E-state index in [0.29, 0.717) is 22.0 Å². The van der Waals surface area contributed by atoms with Gasteiger partial charge in [0.15, 0.2) is 10.9 Å². The average Bonchev–Trinajstić information content (AvgIpc) is 2.71. The lowest BCUT2D eigenvalue weighted by Crippen LogP contribution is -2.24. The highest BCUT2D eigenvalue weighted by Crippen LogP contribution is 2.28. The first-order valence-corrected chi connectivity index (χ1v) is 10.6. The Bertz CT molecular complexity index is 1200. The minimum absolute atomic E-state index is 0.0740. The van der Waals surface area contributed by atoms with E-state index < -0.39 is 10.8 Å². The number of H-pyrrole nitrogens is 1. The van der Waals surface area contributed by atoms with Gasteiger partial charge in [-0.2, -0.15) is 0 Å². The molecule has 3 aromatic rings. The summed E-state index contributed by atoms with van der Waals surface area (Å²) in [5, 5.41) is 13.6. The first-order valence-electron chi connectivity index (χ1n) is 9.33. The SMILES string of the molecule is CC(=O)Nc1c(C)cccc1-c1nnc(SC(C)C(=O)Nc2ccccc2Cl)[nH]c1=O. The van der Waals surface area contributed by atoms with Crippen LogP contribution < -0.4 is 16.2 Å². The average molecular weight is 458 g/mol. The zero-order chi connectivity index (χ0) is 22.5. The first-order chi connectivity index (χ1) is 14.8. The summed E-state index contributed by atoms with van der Waals surface area (Å²) >= 11 is 7.13. The maximum Gasteiger partial charge on any atom is 0.278 e. The van der Waals surface area contributed by atoms with Crippen LogP contribution in [0, 0.1) is 6.92 Å². The molecule has 2 amide bonds. The van der Waals surface area contributed by atoms with Gasteiger partial charge in [-0.05, 0) is 31.5 Å². The number of hydrogen-bond donors (Lipinski definition) is 3. The van der Waals surface area contributed by atoms with Crippen LogP contribution in [0.5, 0.6) is 0 Å². The molecule has 160 valence electrons. The number of nitrogens with one attached hydrogen (secondary N) is 3. The van der Waals surface area contributed by atoms with Crippen molar-refractivity contribution in [2.24, 2.45) is 0 Å². The molecule has 1 unspecified atom stereocenters. The quantitative estimate of drug-likeness (QED) is 0.484. The molecule has 1 heterocycles. The molecule has 0 aliphatic rings. The number of carbonyl (C=O) groups is 2. The number of thioether (sulfide) groups is 1. The van der Waals surface area contributed by atoms with E-state index in [2.05, 4.69) is 25.8 Å². The van der Waals surface area contributed by atoms with Crippen LogP contribution in [0.1, 0.15) is 19.4 Å². The molecule has 3 rings (SSSR count). The topological polar surface area (TPSA) is 117 Å². The van der Waals surface area contributed by atoms with Crippen LogP contribution in [0.15, 0.2) is 52.4 Å². The second kappa shape index (κ2) is 9.76. The maximum atomic E-state index is 12.7. The number of anilines is 2. The number of hydrogen-bond acceptors (Lipinski definition) is 6. The van der Waals surface area contributed by atoms with Crippen LogP contribution in [0.4, 0.5) is 11.4 Å². The minimum atomic E-state index is -0.569. The molecule has 8 nitrogen and oxygen atoms in total. The number of aromatic nitrogens is 3. The third kappa shape index (κ3) is 5.50. The summed E-state index contributed by atoms with van der Waals surface area (Å²) in [5.41, 5.74) is 1.85. The van der Waals surface area contributed by atoms with Gasteiger partial charge in [0.25, 0.3) is 5.56 Å². The Morgan fingerprint density at radius 1 is 1.10 bits per heavy atom. The van der Waals surface area contributed by atoms with Crippen molar-refractivity contribution in [1.29, 1.82) is 0 Å². The van der Waals surface area contributed by atoms with E-state index in [-0.39, 0.29) is 22.7 Å². The largest absolute Gasteiger partial charge is 0.325 e. The normalized spacial score (nSPS) is 11.6. The van der Waals surface area contributed by atoms with E-state index in [9.17, 15) is 14.4 Å². The summed E-state index contributed by atoms with van der Waals surface area (Å²) in [6, 6.07) is 12.2. The predicted molar refractivity (Wildman–Crippen MR) is 123 cm³/mol. The molecule has 0 saturated heterocycles. The number of para-hydroxylation sites is 2. The van der Waals surface area contributed by atoms with Crippen molar-refractivity contribution in [2.45, 2.75) is 31.2 Å². The Morgan fingerprint density at radius 3 is 2.52 bits per heavy atom. The zero-order valence-electron chi connectivity index (χ0n) is 17.0. The standard InChI is InChI=1S/C21H20ClN5O3S/c1-11-7-6-8-14(17(11)23-13(3)28)18-20(30)25-21(27-26-18)31-12(2)19(29)24-16-10-5-4-9-15(16)22/h4-10,12H,1-3H3,(H,23,28)(H,24,29)(H,25,27,30). The van der Waals surface area contributed by atoms with Crippen molar-refractivity contribution in [1.82, 2.24) is 15.2 Å². The fourth-order valence-electron chi connectivity index (χ4n) is 2.78. The van der Waals surface area contributed by atoms with Gasteiger partial charge in [0, 0.05) is 12.5 Å². The Balaban J connectivity index is 1.80. The maximum absolute atomic E-state index is 12.7. The molecule has 3 N–H and O–H groups in total. The van der Waals surface area contributed by atoms with E-state index in [0.717, 1.165) is 17.3 Å². The zero-order valence-corrected chi connectivity index (χ0v) is 18.6. The third-order valence-electron chi connectivity index (χ3n) is 4.29. The van der Waals surface area contributed by atoms with Gasteiger partial charge in [-0.1, -0.05) is 53.7 Å². The smallest absolute Gasteiger partial charge is 0.278 e. The van der Waals surface area contributed by atoms with Crippen LogP contribution in [-0.2, 0) is 9.59 Å². The van der Waals surface area contributed by atoms with Gasteiger partial charge in [-0.15, -0.1) is 10.2 Å². The lowest BCUT2D eigenvalue weighted by Gasteiger charge is -2.13. The van der Waals surface area contributed by atoms with E-state index in [4.69, 9.17) is 11.6 Å². The molecule has 0 aliphatic carbocycles. The second-order valence-corrected chi connectivity index (χ2v) is 8.45. The molecule has 0 saturated carbocycles. The van der Waals surface area contributed by atoms with Gasteiger partial charge in [0.1, 0.15) is 0 Å². The summed E-state index contributed by atoms with van der Waals surface area (Å²) in [5.74, 6) is -0.554. The molecule has 0 aliphatic heterocycles. The second-order valence-electron chi connectivity index (χ2n) is 6.72. The van der Waals surface area contributed by atoms with Gasteiger partial charge in [0.05, 0.1) is 21.6 Å². The number of rotatable bonds is 6. The highest BCUT2D eigenvalue weighted by molar-refractivity contribution is 8.00. The fraction of sp³-hybridized carbons (Fsp3) is 0.190. The van der Waals surface area contributed by atoms with E-state index >= 15 is 0 Å². The number of carbonyl (C=O) groups excluding carboxylic acids is 2. The monoisotopic (exact) mass is 457 g/mol. The summed E-state index contributed by atoms with van der Waals surface area (Å²) in [4.78, 5) is 39.3. The van der Waals surface area contributed by atoms with Gasteiger partial charge < -0.3 is 10.6 Å². The lowest BCUT2D eigenvalue weighted by atomic mass is 10.1. The number of amides is 2. The van der Waals surface area contributed by atoms with Crippen molar-refractivity contribution in [3.63, 3.8) is 0 Å².